The van der Waals surface area contributed by atoms with Crippen molar-refractivity contribution in [3.63, 3.8) is 0 Å². The molecular formula is C16H24N2O2. The van der Waals surface area contributed by atoms with E-state index in [2.05, 4.69) is 0 Å². The first-order chi connectivity index (χ1) is 9.76. The number of likely N-dealkylation sites (tertiary alicyclic amines) is 1. The van der Waals surface area contributed by atoms with E-state index in [4.69, 9.17) is 10.5 Å². The van der Waals surface area contributed by atoms with E-state index in [0.717, 1.165) is 37.1 Å². The van der Waals surface area contributed by atoms with Crippen LogP contribution < -0.4 is 10.5 Å². The molecule has 1 aliphatic rings. The first-order valence-corrected chi connectivity index (χ1v) is 7.46. The Hall–Kier alpha value is -1.55. The number of para-hydroxylation sites is 1. The molecule has 0 radical (unpaired) electrons. The fourth-order valence-corrected chi connectivity index (χ4v) is 2.80. The summed E-state index contributed by atoms with van der Waals surface area (Å²) in [6.45, 7) is 4.04. The van der Waals surface area contributed by atoms with E-state index in [1.807, 2.05) is 36.1 Å². The quantitative estimate of drug-likeness (QED) is 0.864. The molecule has 1 fully saturated rings. The fourth-order valence-electron chi connectivity index (χ4n) is 2.80. The first kappa shape index (κ1) is 14.9. The van der Waals surface area contributed by atoms with Crippen LogP contribution in [0.5, 0.6) is 5.75 Å². The van der Waals surface area contributed by atoms with Gasteiger partial charge < -0.3 is 15.4 Å². The molecule has 1 heterocycles. The topological polar surface area (TPSA) is 55.6 Å². The average Bonchev–Trinajstić information content (AvgIpc) is 2.95. The molecule has 1 aromatic rings. The second kappa shape index (κ2) is 7.29. The van der Waals surface area contributed by atoms with Crippen molar-refractivity contribution < 1.29 is 9.53 Å². The largest absolute Gasteiger partial charge is 0.494 e. The van der Waals surface area contributed by atoms with Crippen LogP contribution in [0, 0.1) is 0 Å². The summed E-state index contributed by atoms with van der Waals surface area (Å²) < 4.78 is 5.59. The van der Waals surface area contributed by atoms with Crippen molar-refractivity contribution in [2.75, 3.05) is 19.7 Å². The van der Waals surface area contributed by atoms with Gasteiger partial charge in [0.05, 0.1) is 6.61 Å². The van der Waals surface area contributed by atoms with Crippen LogP contribution in [0.1, 0.15) is 31.7 Å². The van der Waals surface area contributed by atoms with Gasteiger partial charge in [0.25, 0.3) is 0 Å². The van der Waals surface area contributed by atoms with E-state index >= 15 is 0 Å². The van der Waals surface area contributed by atoms with Crippen molar-refractivity contribution in [2.24, 2.45) is 5.73 Å². The Kier molecular flexibility index (Phi) is 5.41. The Bertz CT molecular complexity index is 448. The highest BCUT2D eigenvalue weighted by atomic mass is 16.5. The number of rotatable bonds is 6. The molecular weight excluding hydrogens is 252 g/mol. The van der Waals surface area contributed by atoms with Gasteiger partial charge in [0, 0.05) is 25.6 Å². The lowest BCUT2D eigenvalue weighted by Crippen LogP contribution is -2.40. The maximum atomic E-state index is 12.3. The molecule has 2 rings (SSSR count). The molecule has 1 aromatic carbocycles. The van der Waals surface area contributed by atoms with Gasteiger partial charge in [-0.2, -0.15) is 0 Å². The normalized spacial score (nSPS) is 18.3. The Morgan fingerprint density at radius 3 is 3.00 bits per heavy atom. The Balaban J connectivity index is 1.93. The molecule has 1 atom stereocenters. The van der Waals surface area contributed by atoms with Crippen LogP contribution in [-0.2, 0) is 11.2 Å². The molecule has 4 nitrogen and oxygen atoms in total. The zero-order valence-electron chi connectivity index (χ0n) is 12.2. The molecule has 110 valence electrons. The molecule has 1 aliphatic heterocycles. The zero-order chi connectivity index (χ0) is 14.4. The van der Waals surface area contributed by atoms with Gasteiger partial charge in [0.1, 0.15) is 5.75 Å². The number of benzene rings is 1. The first-order valence-electron chi connectivity index (χ1n) is 7.46. The highest BCUT2D eigenvalue weighted by molar-refractivity contribution is 5.77. The van der Waals surface area contributed by atoms with Crippen molar-refractivity contribution in [2.45, 2.75) is 38.6 Å². The maximum Gasteiger partial charge on any atom is 0.223 e. The second-order valence-electron chi connectivity index (χ2n) is 5.16. The van der Waals surface area contributed by atoms with Gasteiger partial charge in [-0.05, 0) is 37.8 Å². The molecule has 20 heavy (non-hydrogen) atoms. The minimum absolute atomic E-state index is 0.212. The van der Waals surface area contributed by atoms with Gasteiger partial charge in [0.15, 0.2) is 0 Å². The third-order valence-corrected chi connectivity index (χ3v) is 3.85. The zero-order valence-corrected chi connectivity index (χ0v) is 12.2. The van der Waals surface area contributed by atoms with Crippen molar-refractivity contribution >= 4 is 5.91 Å². The van der Waals surface area contributed by atoms with Crippen LogP contribution in [0.3, 0.4) is 0 Å². The van der Waals surface area contributed by atoms with Crippen molar-refractivity contribution in [3.8, 4) is 5.75 Å². The number of amides is 1. The van der Waals surface area contributed by atoms with E-state index in [9.17, 15) is 4.79 Å². The summed E-state index contributed by atoms with van der Waals surface area (Å²) in [7, 11) is 0. The predicted octanol–water partition coefficient (Wildman–Crippen LogP) is 1.97. The molecule has 0 spiro atoms. The van der Waals surface area contributed by atoms with E-state index in [-0.39, 0.29) is 11.9 Å². The lowest BCUT2D eigenvalue weighted by atomic mass is 10.1. The minimum atomic E-state index is 0.212. The third kappa shape index (κ3) is 3.51. The van der Waals surface area contributed by atoms with Gasteiger partial charge in [-0.1, -0.05) is 18.2 Å². The van der Waals surface area contributed by atoms with Crippen LogP contribution in [0.25, 0.3) is 0 Å². The van der Waals surface area contributed by atoms with Crippen LogP contribution in [0.4, 0.5) is 0 Å². The molecule has 2 N–H and O–H groups in total. The SMILES string of the molecule is CCOc1ccccc1CCC(=O)N1CCCC1CN. The smallest absolute Gasteiger partial charge is 0.223 e. The maximum absolute atomic E-state index is 12.3. The van der Waals surface area contributed by atoms with Gasteiger partial charge >= 0.3 is 0 Å². The molecule has 0 bridgehead atoms. The molecule has 0 aromatic heterocycles. The molecule has 0 saturated carbocycles. The molecule has 0 aliphatic carbocycles. The van der Waals surface area contributed by atoms with Crippen LogP contribution in [0.2, 0.25) is 0 Å². The monoisotopic (exact) mass is 276 g/mol. The van der Waals surface area contributed by atoms with E-state index in [0.29, 0.717) is 19.6 Å². The number of ether oxygens (including phenoxy) is 1. The number of hydrogen-bond acceptors (Lipinski definition) is 3. The van der Waals surface area contributed by atoms with E-state index in [1.54, 1.807) is 0 Å². The summed E-state index contributed by atoms with van der Waals surface area (Å²) in [6, 6.07) is 8.18. The van der Waals surface area contributed by atoms with Crippen molar-refractivity contribution in [3.05, 3.63) is 29.8 Å². The summed E-state index contributed by atoms with van der Waals surface area (Å²) in [6.07, 6.45) is 3.37. The number of hydrogen-bond donors (Lipinski definition) is 1. The van der Waals surface area contributed by atoms with Gasteiger partial charge in [-0.15, -0.1) is 0 Å². The van der Waals surface area contributed by atoms with Gasteiger partial charge in [0.2, 0.25) is 5.91 Å². The summed E-state index contributed by atoms with van der Waals surface area (Å²) >= 11 is 0. The van der Waals surface area contributed by atoms with Crippen LogP contribution >= 0.6 is 0 Å². The summed E-state index contributed by atoms with van der Waals surface area (Å²) in [5.41, 5.74) is 6.82. The summed E-state index contributed by atoms with van der Waals surface area (Å²) in [5.74, 6) is 1.10. The number of aryl methyl sites for hydroxylation is 1. The Morgan fingerprint density at radius 1 is 1.45 bits per heavy atom. The molecule has 1 unspecified atom stereocenters. The minimum Gasteiger partial charge on any atom is -0.494 e. The third-order valence-electron chi connectivity index (χ3n) is 3.85. The van der Waals surface area contributed by atoms with Gasteiger partial charge in [-0.3, -0.25) is 4.79 Å². The second-order valence-corrected chi connectivity index (χ2v) is 5.16. The summed E-state index contributed by atoms with van der Waals surface area (Å²) in [4.78, 5) is 14.2. The average molecular weight is 276 g/mol. The van der Waals surface area contributed by atoms with Crippen molar-refractivity contribution in [1.82, 2.24) is 4.90 Å². The lowest BCUT2D eigenvalue weighted by molar-refractivity contribution is -0.131. The van der Waals surface area contributed by atoms with Gasteiger partial charge in [-0.25, -0.2) is 0 Å². The molecule has 1 saturated heterocycles. The number of carbonyl (C=O) groups excluding carboxylic acids is 1. The highest BCUT2D eigenvalue weighted by Crippen LogP contribution is 2.22. The van der Waals surface area contributed by atoms with E-state index < -0.39 is 0 Å². The van der Waals surface area contributed by atoms with Crippen LogP contribution in [0.15, 0.2) is 24.3 Å². The number of carbonyl (C=O) groups is 1. The van der Waals surface area contributed by atoms with Crippen molar-refractivity contribution in [1.29, 1.82) is 0 Å². The van der Waals surface area contributed by atoms with Crippen LogP contribution in [-0.4, -0.2) is 36.5 Å². The molecule has 4 heteroatoms. The standard InChI is InChI=1S/C16H24N2O2/c1-2-20-15-8-4-3-6-13(15)9-10-16(19)18-11-5-7-14(18)12-17/h3-4,6,8,14H,2,5,7,9-12,17H2,1H3. The van der Waals surface area contributed by atoms with E-state index in [1.165, 1.54) is 0 Å². The molecule has 1 amide bonds. The highest BCUT2D eigenvalue weighted by Gasteiger charge is 2.27. The Morgan fingerprint density at radius 2 is 2.25 bits per heavy atom. The number of nitrogens with zero attached hydrogens (tertiary/aromatic N) is 1. The predicted molar refractivity (Wildman–Crippen MR) is 79.7 cm³/mol. The fraction of sp³-hybridized carbons (Fsp3) is 0.562. The number of nitrogens with two attached hydrogens (primary N) is 1. The lowest BCUT2D eigenvalue weighted by Gasteiger charge is -2.23. The summed E-state index contributed by atoms with van der Waals surface area (Å²) in [5, 5.41) is 0. The Labute approximate surface area is 120 Å².